The number of amides is 1. The lowest BCUT2D eigenvalue weighted by Gasteiger charge is -2.27. The van der Waals surface area contributed by atoms with Crippen LogP contribution in [0.25, 0.3) is 22.3 Å². The SMILES string of the molecule is Cc1cccc(C(=O)Nc2ccccc2-c2cc3ccc(CN4CCNCC4)cc3o2)c1.Cl. The van der Waals surface area contributed by atoms with Gasteiger partial charge in [-0.15, -0.1) is 12.4 Å². The summed E-state index contributed by atoms with van der Waals surface area (Å²) in [7, 11) is 0. The van der Waals surface area contributed by atoms with Crippen LogP contribution in [0.2, 0.25) is 0 Å². The second-order valence-corrected chi connectivity index (χ2v) is 8.38. The summed E-state index contributed by atoms with van der Waals surface area (Å²) in [6.07, 6.45) is 0. The number of carbonyl (C=O) groups excluding carboxylic acids is 1. The fraction of sp³-hybridized carbons (Fsp3) is 0.222. The lowest BCUT2D eigenvalue weighted by molar-refractivity contribution is 0.102. The van der Waals surface area contributed by atoms with Crippen LogP contribution in [0.15, 0.2) is 77.2 Å². The summed E-state index contributed by atoms with van der Waals surface area (Å²) < 4.78 is 6.25. The molecule has 3 aromatic carbocycles. The zero-order valence-corrected chi connectivity index (χ0v) is 19.5. The van der Waals surface area contributed by atoms with E-state index in [2.05, 4.69) is 33.7 Å². The summed E-state index contributed by atoms with van der Waals surface area (Å²) in [5.74, 6) is 0.620. The van der Waals surface area contributed by atoms with Crippen molar-refractivity contribution in [1.82, 2.24) is 10.2 Å². The van der Waals surface area contributed by atoms with Gasteiger partial charge in [-0.2, -0.15) is 0 Å². The molecule has 4 aromatic rings. The number of carbonyl (C=O) groups is 1. The Morgan fingerprint density at radius 1 is 1.00 bits per heavy atom. The van der Waals surface area contributed by atoms with Gasteiger partial charge in [0.1, 0.15) is 11.3 Å². The van der Waals surface area contributed by atoms with Crippen molar-refractivity contribution in [2.45, 2.75) is 13.5 Å². The highest BCUT2D eigenvalue weighted by molar-refractivity contribution is 6.06. The highest BCUT2D eigenvalue weighted by Crippen LogP contribution is 2.33. The predicted octanol–water partition coefficient (Wildman–Crippen LogP) is 5.49. The standard InChI is InChI=1S/C27H27N3O2.ClH/c1-19-5-4-6-22(15-19)27(31)29-24-8-3-2-7-23(24)26-17-21-10-9-20(16-25(21)32-26)18-30-13-11-28-12-14-30;/h2-10,15-17,28H,11-14,18H2,1H3,(H,29,31);1H. The lowest BCUT2D eigenvalue weighted by Crippen LogP contribution is -2.42. The van der Waals surface area contributed by atoms with Gasteiger partial charge in [-0.25, -0.2) is 0 Å². The van der Waals surface area contributed by atoms with E-state index < -0.39 is 0 Å². The van der Waals surface area contributed by atoms with Crippen LogP contribution >= 0.6 is 12.4 Å². The van der Waals surface area contributed by atoms with Crippen LogP contribution in [0, 0.1) is 6.92 Å². The highest BCUT2D eigenvalue weighted by Gasteiger charge is 2.15. The fourth-order valence-electron chi connectivity index (χ4n) is 4.22. The van der Waals surface area contributed by atoms with Crippen LogP contribution in [0.1, 0.15) is 21.5 Å². The van der Waals surface area contributed by atoms with E-state index in [4.69, 9.17) is 4.42 Å². The van der Waals surface area contributed by atoms with Crippen molar-refractivity contribution in [1.29, 1.82) is 0 Å². The van der Waals surface area contributed by atoms with Crippen LogP contribution in [-0.2, 0) is 6.54 Å². The number of rotatable bonds is 5. The maximum absolute atomic E-state index is 12.8. The molecule has 170 valence electrons. The van der Waals surface area contributed by atoms with Gasteiger partial charge in [0.2, 0.25) is 0 Å². The minimum Gasteiger partial charge on any atom is -0.456 e. The predicted molar refractivity (Wildman–Crippen MR) is 136 cm³/mol. The van der Waals surface area contributed by atoms with E-state index in [0.717, 1.165) is 66.3 Å². The molecule has 2 heterocycles. The van der Waals surface area contributed by atoms with Crippen LogP contribution in [0.3, 0.4) is 0 Å². The van der Waals surface area contributed by atoms with Crippen molar-refractivity contribution >= 4 is 35.0 Å². The number of nitrogens with one attached hydrogen (secondary N) is 2. The zero-order valence-electron chi connectivity index (χ0n) is 18.6. The number of fused-ring (bicyclic) bond motifs is 1. The Labute approximate surface area is 200 Å². The number of hydrogen-bond donors (Lipinski definition) is 2. The van der Waals surface area contributed by atoms with Crippen LogP contribution in [0.5, 0.6) is 0 Å². The maximum atomic E-state index is 12.8. The summed E-state index contributed by atoms with van der Waals surface area (Å²) in [6, 6.07) is 23.8. The Hall–Kier alpha value is -3.12. The summed E-state index contributed by atoms with van der Waals surface area (Å²) in [5, 5.41) is 7.50. The van der Waals surface area contributed by atoms with E-state index in [1.165, 1.54) is 5.56 Å². The smallest absolute Gasteiger partial charge is 0.255 e. The van der Waals surface area contributed by atoms with Crippen molar-refractivity contribution in [2.24, 2.45) is 0 Å². The van der Waals surface area contributed by atoms with Crippen molar-refractivity contribution < 1.29 is 9.21 Å². The van der Waals surface area contributed by atoms with Crippen LogP contribution < -0.4 is 10.6 Å². The summed E-state index contributed by atoms with van der Waals surface area (Å²) >= 11 is 0. The van der Waals surface area contributed by atoms with Gasteiger partial charge in [-0.1, -0.05) is 42.0 Å². The molecule has 1 fully saturated rings. The largest absolute Gasteiger partial charge is 0.456 e. The van der Waals surface area contributed by atoms with E-state index in [0.29, 0.717) is 5.56 Å². The van der Waals surface area contributed by atoms with E-state index in [-0.39, 0.29) is 18.3 Å². The normalized spacial score (nSPS) is 14.1. The first-order valence-electron chi connectivity index (χ1n) is 11.1. The number of nitrogens with zero attached hydrogens (tertiary/aromatic N) is 1. The molecule has 0 spiro atoms. The molecule has 0 aliphatic carbocycles. The zero-order chi connectivity index (χ0) is 21.9. The molecule has 5 nitrogen and oxygen atoms in total. The van der Waals surface area contributed by atoms with Gasteiger partial charge in [-0.3, -0.25) is 9.69 Å². The molecule has 0 saturated carbocycles. The number of piperazine rings is 1. The van der Waals surface area contributed by atoms with Crippen molar-refractivity contribution in [3.63, 3.8) is 0 Å². The van der Waals surface area contributed by atoms with Gasteiger partial charge in [0, 0.05) is 49.2 Å². The van der Waals surface area contributed by atoms with E-state index in [9.17, 15) is 4.79 Å². The van der Waals surface area contributed by atoms with Crippen LogP contribution in [-0.4, -0.2) is 37.0 Å². The Morgan fingerprint density at radius 3 is 2.64 bits per heavy atom. The molecule has 1 aliphatic heterocycles. The van der Waals surface area contributed by atoms with Gasteiger partial charge in [0.15, 0.2) is 0 Å². The third-order valence-electron chi connectivity index (χ3n) is 5.92. The Balaban J connectivity index is 0.00000259. The Kier molecular flexibility index (Phi) is 7.14. The molecule has 1 saturated heterocycles. The molecule has 0 atom stereocenters. The molecule has 1 aromatic heterocycles. The van der Waals surface area contributed by atoms with Gasteiger partial charge >= 0.3 is 0 Å². The molecule has 2 N–H and O–H groups in total. The molecule has 5 rings (SSSR count). The Morgan fingerprint density at radius 2 is 1.82 bits per heavy atom. The van der Waals surface area contributed by atoms with Gasteiger partial charge in [-0.05, 0) is 48.9 Å². The molecular formula is C27H28ClN3O2. The summed E-state index contributed by atoms with van der Waals surface area (Å²) in [5.41, 5.74) is 5.42. The molecule has 0 bridgehead atoms. The van der Waals surface area contributed by atoms with E-state index in [1.54, 1.807) is 0 Å². The lowest BCUT2D eigenvalue weighted by atomic mass is 10.1. The second kappa shape index (κ2) is 10.2. The topological polar surface area (TPSA) is 57.5 Å². The van der Waals surface area contributed by atoms with Crippen molar-refractivity contribution in [3.05, 3.63) is 89.5 Å². The van der Waals surface area contributed by atoms with Gasteiger partial charge in [0.05, 0.1) is 5.69 Å². The molecule has 33 heavy (non-hydrogen) atoms. The molecule has 0 unspecified atom stereocenters. The minimum absolute atomic E-state index is 0. The molecule has 1 aliphatic rings. The molecular weight excluding hydrogens is 434 g/mol. The monoisotopic (exact) mass is 461 g/mol. The molecule has 0 radical (unpaired) electrons. The van der Waals surface area contributed by atoms with Crippen LogP contribution in [0.4, 0.5) is 5.69 Å². The van der Waals surface area contributed by atoms with E-state index in [1.807, 2.05) is 61.5 Å². The third kappa shape index (κ3) is 5.28. The fourth-order valence-corrected chi connectivity index (χ4v) is 4.22. The number of anilines is 1. The maximum Gasteiger partial charge on any atom is 0.255 e. The Bertz CT molecular complexity index is 1260. The first-order chi connectivity index (χ1) is 15.7. The number of hydrogen-bond acceptors (Lipinski definition) is 4. The first-order valence-corrected chi connectivity index (χ1v) is 11.1. The number of benzene rings is 3. The van der Waals surface area contributed by atoms with Gasteiger partial charge < -0.3 is 15.1 Å². The number of halogens is 1. The number of furan rings is 1. The van der Waals surface area contributed by atoms with E-state index >= 15 is 0 Å². The first kappa shape index (κ1) is 23.1. The quantitative estimate of drug-likeness (QED) is 0.412. The second-order valence-electron chi connectivity index (χ2n) is 8.38. The van der Waals surface area contributed by atoms with Gasteiger partial charge in [0.25, 0.3) is 5.91 Å². The summed E-state index contributed by atoms with van der Waals surface area (Å²) in [6.45, 7) is 7.12. The minimum atomic E-state index is -0.129. The summed E-state index contributed by atoms with van der Waals surface area (Å²) in [4.78, 5) is 15.3. The van der Waals surface area contributed by atoms with Crippen molar-refractivity contribution in [3.8, 4) is 11.3 Å². The van der Waals surface area contributed by atoms with Crippen molar-refractivity contribution in [2.75, 3.05) is 31.5 Å². The highest BCUT2D eigenvalue weighted by atomic mass is 35.5. The number of aryl methyl sites for hydroxylation is 1. The average Bonchev–Trinajstić information content (AvgIpc) is 3.23. The molecule has 1 amide bonds. The average molecular weight is 462 g/mol. The number of para-hydroxylation sites is 1. The third-order valence-corrected chi connectivity index (χ3v) is 5.92. The molecule has 6 heteroatoms.